The summed E-state index contributed by atoms with van der Waals surface area (Å²) in [7, 11) is 0. The van der Waals surface area contributed by atoms with Crippen LogP contribution in [0.3, 0.4) is 0 Å². The molecule has 0 aliphatic carbocycles. The van der Waals surface area contributed by atoms with Crippen LogP contribution in [0.1, 0.15) is 23.7 Å². The molecule has 1 atom stereocenters. The minimum absolute atomic E-state index is 0.318. The number of benzene rings is 1. The maximum absolute atomic E-state index is 13.0. The van der Waals surface area contributed by atoms with Gasteiger partial charge in [0.2, 0.25) is 0 Å². The van der Waals surface area contributed by atoms with Crippen LogP contribution in [0, 0.1) is 5.82 Å². The van der Waals surface area contributed by atoms with Crippen LogP contribution in [-0.2, 0) is 0 Å². The van der Waals surface area contributed by atoms with E-state index in [9.17, 15) is 9.18 Å². The van der Waals surface area contributed by atoms with E-state index in [4.69, 9.17) is 10.2 Å². The second-order valence-electron chi connectivity index (χ2n) is 3.43. The van der Waals surface area contributed by atoms with Crippen molar-refractivity contribution >= 4 is 17.7 Å². The zero-order valence-corrected chi connectivity index (χ0v) is 9.63. The van der Waals surface area contributed by atoms with Crippen molar-refractivity contribution in [1.29, 1.82) is 0 Å². The van der Waals surface area contributed by atoms with Gasteiger partial charge in [0.15, 0.2) is 0 Å². The summed E-state index contributed by atoms with van der Waals surface area (Å²) in [5.41, 5.74) is -0.318. The van der Waals surface area contributed by atoms with Crippen LogP contribution >= 0.6 is 11.8 Å². The molecule has 5 heteroatoms. The molecule has 0 aromatic heterocycles. The highest BCUT2D eigenvalue weighted by molar-refractivity contribution is 7.99. The molecule has 0 amide bonds. The van der Waals surface area contributed by atoms with E-state index in [0.717, 1.165) is 6.07 Å². The Labute approximate surface area is 97.3 Å². The molecule has 0 spiro atoms. The summed E-state index contributed by atoms with van der Waals surface area (Å²) in [5.74, 6) is -1.33. The number of carbonyl (C=O) groups is 1. The topological polar surface area (TPSA) is 57.5 Å². The lowest BCUT2D eigenvalue weighted by atomic mass is 10.2. The summed E-state index contributed by atoms with van der Waals surface area (Å²) >= 11 is 1.40. The van der Waals surface area contributed by atoms with Gasteiger partial charge in [-0.3, -0.25) is 0 Å². The fraction of sp³-hybridized carbons (Fsp3) is 0.364. The third-order valence-corrected chi connectivity index (χ3v) is 3.00. The third-order valence-electron chi connectivity index (χ3n) is 1.97. The SMILES string of the molecule is CC(O)CCSc1ccc(F)c(C(=O)O)c1. The Morgan fingerprint density at radius 3 is 2.81 bits per heavy atom. The maximum atomic E-state index is 13.0. The molecule has 1 aromatic rings. The fourth-order valence-corrected chi connectivity index (χ4v) is 2.17. The molecule has 3 nitrogen and oxygen atoms in total. The first kappa shape index (κ1) is 13.0. The van der Waals surface area contributed by atoms with Gasteiger partial charge < -0.3 is 10.2 Å². The normalized spacial score (nSPS) is 12.4. The fourth-order valence-electron chi connectivity index (χ4n) is 1.11. The van der Waals surface area contributed by atoms with Gasteiger partial charge in [-0.2, -0.15) is 0 Å². The van der Waals surface area contributed by atoms with E-state index in [1.165, 1.54) is 23.9 Å². The molecule has 0 fully saturated rings. The average molecular weight is 244 g/mol. The van der Waals surface area contributed by atoms with Gasteiger partial charge in [0.1, 0.15) is 5.82 Å². The second-order valence-corrected chi connectivity index (χ2v) is 4.60. The molecule has 1 rings (SSSR count). The molecule has 0 aliphatic heterocycles. The Balaban J connectivity index is 2.68. The average Bonchev–Trinajstić information content (AvgIpc) is 2.19. The number of aliphatic hydroxyl groups excluding tert-OH is 1. The van der Waals surface area contributed by atoms with Crippen LogP contribution in [0.2, 0.25) is 0 Å². The molecule has 0 saturated carbocycles. The molecule has 0 heterocycles. The van der Waals surface area contributed by atoms with Crippen molar-refractivity contribution in [2.45, 2.75) is 24.3 Å². The molecule has 0 radical (unpaired) electrons. The molecular weight excluding hydrogens is 231 g/mol. The molecular formula is C11H13FO3S. The number of carboxylic acid groups (broad SMARTS) is 1. The highest BCUT2D eigenvalue weighted by Gasteiger charge is 2.10. The van der Waals surface area contributed by atoms with Crippen molar-refractivity contribution in [3.05, 3.63) is 29.6 Å². The van der Waals surface area contributed by atoms with E-state index in [0.29, 0.717) is 17.1 Å². The van der Waals surface area contributed by atoms with Crippen molar-refractivity contribution in [2.75, 3.05) is 5.75 Å². The Morgan fingerprint density at radius 2 is 2.25 bits per heavy atom. The third kappa shape index (κ3) is 3.83. The summed E-state index contributed by atoms with van der Waals surface area (Å²) in [5, 5.41) is 17.8. The smallest absolute Gasteiger partial charge is 0.338 e. The molecule has 88 valence electrons. The zero-order chi connectivity index (χ0) is 12.1. The number of halogens is 1. The first-order chi connectivity index (χ1) is 7.50. The Bertz CT molecular complexity index is 379. The number of aromatic carboxylic acids is 1. The largest absolute Gasteiger partial charge is 0.478 e. The van der Waals surface area contributed by atoms with E-state index in [1.54, 1.807) is 6.92 Å². The minimum Gasteiger partial charge on any atom is -0.478 e. The summed E-state index contributed by atoms with van der Waals surface area (Å²) in [6.45, 7) is 1.69. The lowest BCUT2D eigenvalue weighted by Crippen LogP contribution is -2.02. The molecule has 16 heavy (non-hydrogen) atoms. The number of aliphatic hydroxyl groups is 1. The van der Waals surface area contributed by atoms with Crippen LogP contribution < -0.4 is 0 Å². The summed E-state index contributed by atoms with van der Waals surface area (Å²) < 4.78 is 13.0. The van der Waals surface area contributed by atoms with Crippen LogP contribution in [0.15, 0.2) is 23.1 Å². The van der Waals surface area contributed by atoms with Gasteiger partial charge in [0.25, 0.3) is 0 Å². The van der Waals surface area contributed by atoms with Gasteiger partial charge in [0, 0.05) is 10.6 Å². The predicted molar refractivity (Wildman–Crippen MR) is 60.4 cm³/mol. The van der Waals surface area contributed by atoms with Gasteiger partial charge in [0.05, 0.1) is 11.7 Å². The van der Waals surface area contributed by atoms with Crippen molar-refractivity contribution < 1.29 is 19.4 Å². The standard InChI is InChI=1S/C11H13FO3S/c1-7(13)4-5-16-8-2-3-10(12)9(6-8)11(14)15/h2-3,6-7,13H,4-5H2,1H3,(H,14,15). The number of hydrogen-bond acceptors (Lipinski definition) is 3. The van der Waals surface area contributed by atoms with E-state index >= 15 is 0 Å². The van der Waals surface area contributed by atoms with Gasteiger partial charge in [-0.1, -0.05) is 0 Å². The van der Waals surface area contributed by atoms with Crippen LogP contribution in [0.4, 0.5) is 4.39 Å². The highest BCUT2D eigenvalue weighted by atomic mass is 32.2. The van der Waals surface area contributed by atoms with Crippen LogP contribution in [-0.4, -0.2) is 28.0 Å². The molecule has 2 N–H and O–H groups in total. The number of carboxylic acids is 1. The van der Waals surface area contributed by atoms with Gasteiger partial charge in [-0.25, -0.2) is 9.18 Å². The van der Waals surface area contributed by atoms with E-state index in [-0.39, 0.29) is 11.7 Å². The zero-order valence-electron chi connectivity index (χ0n) is 8.81. The molecule has 1 unspecified atom stereocenters. The maximum Gasteiger partial charge on any atom is 0.338 e. The van der Waals surface area contributed by atoms with Crippen molar-refractivity contribution in [3.63, 3.8) is 0 Å². The Hall–Kier alpha value is -1.07. The van der Waals surface area contributed by atoms with Crippen molar-refractivity contribution in [1.82, 2.24) is 0 Å². The monoisotopic (exact) mass is 244 g/mol. The van der Waals surface area contributed by atoms with Gasteiger partial charge in [-0.15, -0.1) is 11.8 Å². The summed E-state index contributed by atoms with van der Waals surface area (Å²) in [6.07, 6.45) is 0.233. The lowest BCUT2D eigenvalue weighted by Gasteiger charge is -2.05. The van der Waals surface area contributed by atoms with Crippen LogP contribution in [0.5, 0.6) is 0 Å². The van der Waals surface area contributed by atoms with Crippen molar-refractivity contribution in [3.8, 4) is 0 Å². The summed E-state index contributed by atoms with van der Waals surface area (Å²) in [4.78, 5) is 11.4. The minimum atomic E-state index is -1.27. The second kappa shape index (κ2) is 5.86. The number of hydrogen-bond donors (Lipinski definition) is 2. The summed E-state index contributed by atoms with van der Waals surface area (Å²) in [6, 6.07) is 3.99. The Kier molecular flexibility index (Phi) is 4.76. The van der Waals surface area contributed by atoms with E-state index in [2.05, 4.69) is 0 Å². The highest BCUT2D eigenvalue weighted by Crippen LogP contribution is 2.22. The molecule has 1 aromatic carbocycles. The molecule has 0 aliphatic rings. The number of thioether (sulfide) groups is 1. The quantitative estimate of drug-likeness (QED) is 0.781. The van der Waals surface area contributed by atoms with Gasteiger partial charge >= 0.3 is 5.97 Å². The molecule has 0 saturated heterocycles. The predicted octanol–water partition coefficient (Wildman–Crippen LogP) is 2.39. The van der Waals surface area contributed by atoms with Gasteiger partial charge in [-0.05, 0) is 31.5 Å². The number of rotatable bonds is 5. The van der Waals surface area contributed by atoms with Crippen molar-refractivity contribution in [2.24, 2.45) is 0 Å². The molecule has 0 bridgehead atoms. The lowest BCUT2D eigenvalue weighted by molar-refractivity contribution is 0.0691. The Morgan fingerprint density at radius 1 is 1.56 bits per heavy atom. The van der Waals surface area contributed by atoms with Crippen LogP contribution in [0.25, 0.3) is 0 Å². The first-order valence-electron chi connectivity index (χ1n) is 4.84. The first-order valence-corrected chi connectivity index (χ1v) is 5.83. The van der Waals surface area contributed by atoms with E-state index in [1.807, 2.05) is 0 Å². The van der Waals surface area contributed by atoms with E-state index < -0.39 is 11.8 Å².